The van der Waals surface area contributed by atoms with Crippen LogP contribution < -0.4 is 5.32 Å². The minimum absolute atomic E-state index is 0. The van der Waals surface area contributed by atoms with E-state index in [1.165, 1.54) is 11.1 Å². The van der Waals surface area contributed by atoms with Crippen LogP contribution in [0, 0.1) is 11.3 Å². The van der Waals surface area contributed by atoms with Gasteiger partial charge in [-0.05, 0) is 54.7 Å². The molecule has 6 heteroatoms. The molecule has 1 N–H and O–H groups in total. The summed E-state index contributed by atoms with van der Waals surface area (Å²) in [4.78, 5) is 0. The van der Waals surface area contributed by atoms with Gasteiger partial charge in [0.1, 0.15) is 5.69 Å². The fourth-order valence-electron chi connectivity index (χ4n) is 4.14. The predicted molar refractivity (Wildman–Crippen MR) is 110 cm³/mol. The Kier molecular flexibility index (Phi) is 3.87. The van der Waals surface area contributed by atoms with E-state index in [0.717, 1.165) is 47.1 Å². The number of hydrogen-bond acceptors (Lipinski definition) is 4. The molecule has 5 rings (SSSR count). The van der Waals surface area contributed by atoms with Crippen molar-refractivity contribution in [1.82, 2.24) is 19.6 Å². The normalized spacial score (nSPS) is 15.9. The molecule has 1 atom stereocenters. The quantitative estimate of drug-likeness (QED) is 0.581. The van der Waals surface area contributed by atoms with Crippen LogP contribution in [0.1, 0.15) is 37.0 Å². The van der Waals surface area contributed by atoms with Crippen LogP contribution in [0.3, 0.4) is 0 Å². The van der Waals surface area contributed by atoms with E-state index < -0.39 is 0 Å². The summed E-state index contributed by atoms with van der Waals surface area (Å²) in [6.07, 6.45) is 8.76. The van der Waals surface area contributed by atoms with Gasteiger partial charge in [-0.15, -0.1) is 0 Å². The summed E-state index contributed by atoms with van der Waals surface area (Å²) in [5.41, 5.74) is 6.27. The van der Waals surface area contributed by atoms with Crippen LogP contribution in [-0.2, 0) is 13.5 Å². The highest BCUT2D eigenvalue weighted by atomic mass is 15.3. The zero-order valence-corrected chi connectivity index (χ0v) is 15.6. The third kappa shape index (κ3) is 2.72. The van der Waals surface area contributed by atoms with Gasteiger partial charge in [0, 0.05) is 19.5 Å². The number of fused-ring (bicyclic) bond motifs is 2. The Bertz CT molecular complexity index is 1220. The van der Waals surface area contributed by atoms with Gasteiger partial charge in [-0.25, -0.2) is 4.68 Å². The van der Waals surface area contributed by atoms with Crippen LogP contribution in [0.5, 0.6) is 0 Å². The number of aryl methyl sites for hydroxylation is 1. The van der Waals surface area contributed by atoms with Gasteiger partial charge >= 0.3 is 0 Å². The Labute approximate surface area is 164 Å². The van der Waals surface area contributed by atoms with E-state index in [9.17, 15) is 5.26 Å². The second-order valence-electron chi connectivity index (χ2n) is 7.28. The summed E-state index contributed by atoms with van der Waals surface area (Å²) in [5, 5.41) is 23.0. The first-order valence-electron chi connectivity index (χ1n) is 9.48. The van der Waals surface area contributed by atoms with Gasteiger partial charge in [-0.2, -0.15) is 15.5 Å². The van der Waals surface area contributed by atoms with Crippen LogP contribution in [0.15, 0.2) is 55.0 Å². The molecule has 0 aliphatic heterocycles. The Hall–Kier alpha value is -3.59. The average Bonchev–Trinajstić information content (AvgIpc) is 3.33. The first-order valence-corrected chi connectivity index (χ1v) is 9.48. The Morgan fingerprint density at radius 3 is 2.96 bits per heavy atom. The fraction of sp³-hybridized carbons (Fsp3) is 0.227. The number of anilines is 1. The zero-order valence-electron chi connectivity index (χ0n) is 15.6. The van der Waals surface area contributed by atoms with Gasteiger partial charge in [-0.1, -0.05) is 12.1 Å². The maximum absolute atomic E-state index is 9.42. The molecule has 0 saturated heterocycles. The molecule has 6 nitrogen and oxygen atoms in total. The third-order valence-electron chi connectivity index (χ3n) is 5.48. The monoisotopic (exact) mass is 370 g/mol. The summed E-state index contributed by atoms with van der Waals surface area (Å²) in [6.45, 7) is 0. The minimum atomic E-state index is 0. The minimum Gasteiger partial charge on any atom is -0.378 e. The van der Waals surface area contributed by atoms with Gasteiger partial charge in [0.2, 0.25) is 0 Å². The summed E-state index contributed by atoms with van der Waals surface area (Å²) in [5.74, 6) is 0. The summed E-state index contributed by atoms with van der Waals surface area (Å²) in [7, 11) is 1.90. The Morgan fingerprint density at radius 2 is 2.14 bits per heavy atom. The lowest BCUT2D eigenvalue weighted by molar-refractivity contribution is 0.599. The molecule has 4 aromatic rings. The number of aromatic nitrogens is 4. The van der Waals surface area contributed by atoms with Gasteiger partial charge in [0.15, 0.2) is 0 Å². The van der Waals surface area contributed by atoms with Crippen molar-refractivity contribution < 1.29 is 1.43 Å². The van der Waals surface area contributed by atoms with Crippen LogP contribution in [0.25, 0.3) is 16.6 Å². The van der Waals surface area contributed by atoms with E-state index in [-0.39, 0.29) is 7.47 Å². The van der Waals surface area contributed by atoms with Crippen molar-refractivity contribution in [1.29, 1.82) is 5.26 Å². The number of rotatable bonds is 3. The second kappa shape index (κ2) is 6.54. The predicted octanol–water partition coefficient (Wildman–Crippen LogP) is 4.37. The highest BCUT2D eigenvalue weighted by Crippen LogP contribution is 2.34. The molecule has 0 unspecified atom stereocenters. The van der Waals surface area contributed by atoms with E-state index in [2.05, 4.69) is 45.8 Å². The molecule has 2 aromatic heterocycles. The number of nitrogens with one attached hydrogen (secondary N) is 1. The zero-order chi connectivity index (χ0) is 19.1. The number of hydrogen-bond donors (Lipinski definition) is 1. The van der Waals surface area contributed by atoms with Crippen molar-refractivity contribution in [3.63, 3.8) is 0 Å². The standard InChI is InChI=1S/C22H20N6.H2/c1-27-14-18(13-24-27)28-22-10-17(9-8-16(22)12-25-28)26-21-7-3-5-19-15(11-23)4-2-6-20(19)21;/h2,4,6,8-10,12-14,21,26H,3,5,7H2,1H3;1H/t21-;/m0./s1. The van der Waals surface area contributed by atoms with Crippen LogP contribution in [-0.4, -0.2) is 19.6 Å². The highest BCUT2D eigenvalue weighted by Gasteiger charge is 2.22. The maximum atomic E-state index is 9.42. The maximum Gasteiger partial charge on any atom is 0.103 e. The van der Waals surface area contributed by atoms with Gasteiger partial charge in [-0.3, -0.25) is 4.68 Å². The van der Waals surface area contributed by atoms with Crippen molar-refractivity contribution in [2.75, 3.05) is 5.32 Å². The van der Waals surface area contributed by atoms with E-state index in [1.54, 1.807) is 4.68 Å². The van der Waals surface area contributed by atoms with Crippen molar-refractivity contribution >= 4 is 16.6 Å². The SMILES string of the molecule is Cn1cc(-n2ncc3ccc(N[C@H]4CCCc5c(C#N)cccc54)cc32)cn1.[HH]. The molecule has 0 fully saturated rings. The number of benzene rings is 2. The first-order chi connectivity index (χ1) is 13.7. The van der Waals surface area contributed by atoms with E-state index in [4.69, 9.17) is 0 Å². The summed E-state index contributed by atoms with van der Waals surface area (Å²) < 4.78 is 3.69. The Balaban J connectivity index is 0.00000205. The lowest BCUT2D eigenvalue weighted by Crippen LogP contribution is -2.18. The molecule has 2 heterocycles. The summed E-state index contributed by atoms with van der Waals surface area (Å²) in [6, 6.07) is 14.9. The van der Waals surface area contributed by atoms with Gasteiger partial charge in [0.05, 0.1) is 41.8 Å². The van der Waals surface area contributed by atoms with Crippen LogP contribution in [0.4, 0.5) is 5.69 Å². The smallest absolute Gasteiger partial charge is 0.103 e. The third-order valence-corrected chi connectivity index (χ3v) is 5.48. The van der Waals surface area contributed by atoms with Gasteiger partial charge in [0.25, 0.3) is 0 Å². The van der Waals surface area contributed by atoms with E-state index in [1.807, 2.05) is 42.5 Å². The lowest BCUT2D eigenvalue weighted by Gasteiger charge is -2.28. The molecule has 0 radical (unpaired) electrons. The molecule has 0 amide bonds. The molecule has 0 spiro atoms. The summed E-state index contributed by atoms with van der Waals surface area (Å²) >= 11 is 0. The molecule has 0 saturated carbocycles. The number of nitriles is 1. The molecular weight excluding hydrogens is 348 g/mol. The van der Waals surface area contributed by atoms with Crippen molar-refractivity contribution in [3.8, 4) is 11.8 Å². The van der Waals surface area contributed by atoms with E-state index in [0.29, 0.717) is 0 Å². The second-order valence-corrected chi connectivity index (χ2v) is 7.28. The van der Waals surface area contributed by atoms with E-state index >= 15 is 0 Å². The highest BCUT2D eigenvalue weighted by molar-refractivity contribution is 5.83. The average molecular weight is 370 g/mol. The van der Waals surface area contributed by atoms with Crippen molar-refractivity contribution in [3.05, 3.63) is 71.7 Å². The van der Waals surface area contributed by atoms with Crippen LogP contribution >= 0.6 is 0 Å². The molecule has 0 bridgehead atoms. The van der Waals surface area contributed by atoms with Crippen molar-refractivity contribution in [2.45, 2.75) is 25.3 Å². The molecule has 1 aliphatic carbocycles. The first kappa shape index (κ1) is 16.6. The Morgan fingerprint density at radius 1 is 1.21 bits per heavy atom. The molecule has 140 valence electrons. The topological polar surface area (TPSA) is 71.5 Å². The largest absolute Gasteiger partial charge is 0.378 e. The van der Waals surface area contributed by atoms with Crippen LogP contribution in [0.2, 0.25) is 0 Å². The fourth-order valence-corrected chi connectivity index (χ4v) is 4.14. The molecule has 1 aliphatic rings. The van der Waals surface area contributed by atoms with Gasteiger partial charge < -0.3 is 5.32 Å². The number of nitrogens with zero attached hydrogens (tertiary/aromatic N) is 5. The lowest BCUT2D eigenvalue weighted by atomic mass is 9.85. The molecule has 28 heavy (non-hydrogen) atoms. The molecule has 2 aromatic carbocycles. The van der Waals surface area contributed by atoms with Crippen molar-refractivity contribution in [2.24, 2.45) is 7.05 Å². The molecular formula is C22H22N6.